The molecule has 0 heterocycles. The van der Waals surface area contributed by atoms with Gasteiger partial charge in [0.25, 0.3) is 0 Å². The molecule has 1 rings (SSSR count). The number of nitrogens with two attached hydrogens (primary N) is 1. The Bertz CT molecular complexity index is 275. The van der Waals surface area contributed by atoms with E-state index < -0.39 is 0 Å². The first kappa shape index (κ1) is 17.8. The van der Waals surface area contributed by atoms with Gasteiger partial charge in [0.1, 0.15) is 0 Å². The van der Waals surface area contributed by atoms with Crippen LogP contribution in [0.4, 0.5) is 0 Å². The summed E-state index contributed by atoms with van der Waals surface area (Å²) < 4.78 is 0. The molecule has 1 aromatic rings. The summed E-state index contributed by atoms with van der Waals surface area (Å²) in [6, 6.07) is 9.56. The van der Waals surface area contributed by atoms with Gasteiger partial charge in [-0.15, -0.1) is 0 Å². The summed E-state index contributed by atoms with van der Waals surface area (Å²) >= 11 is 0. The predicted octanol–water partition coefficient (Wildman–Crippen LogP) is 4.77. The van der Waals surface area contributed by atoms with Crippen molar-refractivity contribution in [1.29, 1.82) is 5.41 Å². The molecule has 108 valence electrons. The van der Waals surface area contributed by atoms with E-state index >= 15 is 0 Å². The van der Waals surface area contributed by atoms with E-state index in [1.54, 1.807) is 0 Å². The first-order valence-corrected chi connectivity index (χ1v) is 7.60. The topological polar surface area (TPSA) is 49.9 Å². The molecule has 0 saturated heterocycles. The number of hydrogen-bond donors (Lipinski definition) is 2. The summed E-state index contributed by atoms with van der Waals surface area (Å²) in [5.41, 5.74) is 6.34. The van der Waals surface area contributed by atoms with Crippen molar-refractivity contribution in [3.05, 3.63) is 35.9 Å². The summed E-state index contributed by atoms with van der Waals surface area (Å²) in [4.78, 5) is 0. The SMILES string of the molecule is CCCCCCCCCCN.N=Cc1ccccc1. The van der Waals surface area contributed by atoms with Crippen LogP contribution in [0.1, 0.15) is 63.9 Å². The van der Waals surface area contributed by atoms with E-state index in [1.165, 1.54) is 57.6 Å². The molecule has 3 N–H and O–H groups in total. The maximum Gasteiger partial charge on any atom is 0.0250 e. The first-order valence-electron chi connectivity index (χ1n) is 7.60. The molecule has 0 bridgehead atoms. The van der Waals surface area contributed by atoms with Gasteiger partial charge < -0.3 is 11.1 Å². The fourth-order valence-corrected chi connectivity index (χ4v) is 1.83. The Labute approximate surface area is 118 Å². The van der Waals surface area contributed by atoms with Crippen molar-refractivity contribution < 1.29 is 0 Å². The summed E-state index contributed by atoms with van der Waals surface area (Å²) in [6.07, 6.45) is 12.3. The quantitative estimate of drug-likeness (QED) is 0.489. The fraction of sp³-hybridized carbons (Fsp3) is 0.588. The Morgan fingerprint density at radius 1 is 0.895 bits per heavy atom. The standard InChI is InChI=1S/C10H23N.C7H7N/c1-2-3-4-5-6-7-8-9-10-11;8-6-7-4-2-1-3-5-7/h2-11H2,1H3;1-6,8H. The highest BCUT2D eigenvalue weighted by Gasteiger charge is 1.89. The third kappa shape index (κ3) is 13.1. The Balaban J connectivity index is 0.000000356. The van der Waals surface area contributed by atoms with Crippen molar-refractivity contribution >= 4 is 6.21 Å². The Morgan fingerprint density at radius 3 is 1.84 bits per heavy atom. The van der Waals surface area contributed by atoms with Crippen LogP contribution in [-0.4, -0.2) is 12.8 Å². The number of unbranched alkanes of at least 4 members (excludes halogenated alkanes) is 7. The van der Waals surface area contributed by atoms with Crippen LogP contribution < -0.4 is 5.73 Å². The van der Waals surface area contributed by atoms with Crippen molar-refractivity contribution in [1.82, 2.24) is 0 Å². The number of benzene rings is 1. The molecular formula is C17H30N2. The second kappa shape index (κ2) is 14.9. The fourth-order valence-electron chi connectivity index (χ4n) is 1.83. The second-order valence-electron chi connectivity index (χ2n) is 4.82. The van der Waals surface area contributed by atoms with Crippen molar-refractivity contribution in [3.63, 3.8) is 0 Å². The molecule has 2 nitrogen and oxygen atoms in total. The lowest BCUT2D eigenvalue weighted by Gasteiger charge is -1.99. The van der Waals surface area contributed by atoms with Crippen LogP contribution in [-0.2, 0) is 0 Å². The van der Waals surface area contributed by atoms with Crippen LogP contribution in [0.5, 0.6) is 0 Å². The van der Waals surface area contributed by atoms with Crippen molar-refractivity contribution in [2.45, 2.75) is 58.3 Å². The van der Waals surface area contributed by atoms with Gasteiger partial charge in [-0.25, -0.2) is 0 Å². The minimum Gasteiger partial charge on any atom is -0.330 e. The van der Waals surface area contributed by atoms with Gasteiger partial charge in [0, 0.05) is 6.21 Å². The van der Waals surface area contributed by atoms with Crippen LogP contribution in [0.25, 0.3) is 0 Å². The lowest BCUT2D eigenvalue weighted by Crippen LogP contribution is -1.97. The monoisotopic (exact) mass is 262 g/mol. The third-order valence-corrected chi connectivity index (χ3v) is 3.02. The predicted molar refractivity (Wildman–Crippen MR) is 86.0 cm³/mol. The highest BCUT2D eigenvalue weighted by molar-refractivity contribution is 5.76. The Morgan fingerprint density at radius 2 is 1.42 bits per heavy atom. The third-order valence-electron chi connectivity index (χ3n) is 3.02. The van der Waals surface area contributed by atoms with Crippen molar-refractivity contribution in [2.75, 3.05) is 6.54 Å². The largest absolute Gasteiger partial charge is 0.330 e. The molecule has 0 aromatic heterocycles. The number of nitrogens with one attached hydrogen (secondary N) is 1. The molecule has 0 aliphatic heterocycles. The van der Waals surface area contributed by atoms with Crippen molar-refractivity contribution in [2.24, 2.45) is 5.73 Å². The highest BCUT2D eigenvalue weighted by atomic mass is 14.5. The highest BCUT2D eigenvalue weighted by Crippen LogP contribution is 2.07. The molecule has 0 unspecified atom stereocenters. The average Bonchev–Trinajstić information content (AvgIpc) is 2.48. The number of rotatable bonds is 9. The zero-order chi connectivity index (χ0) is 14.2. The van der Waals surface area contributed by atoms with E-state index in [0.717, 1.165) is 12.1 Å². The maximum atomic E-state index is 6.82. The molecule has 0 amide bonds. The van der Waals surface area contributed by atoms with Gasteiger partial charge in [-0.3, -0.25) is 0 Å². The van der Waals surface area contributed by atoms with Crippen LogP contribution in [0.3, 0.4) is 0 Å². The summed E-state index contributed by atoms with van der Waals surface area (Å²) in [6.45, 7) is 3.13. The zero-order valence-electron chi connectivity index (χ0n) is 12.4. The van der Waals surface area contributed by atoms with Gasteiger partial charge in [-0.2, -0.15) is 0 Å². The minimum atomic E-state index is 0.870. The molecule has 0 aliphatic carbocycles. The van der Waals surface area contributed by atoms with E-state index in [2.05, 4.69) is 6.92 Å². The van der Waals surface area contributed by atoms with Crippen LogP contribution in [0.2, 0.25) is 0 Å². The molecule has 0 spiro atoms. The van der Waals surface area contributed by atoms with Crippen LogP contribution in [0, 0.1) is 5.41 Å². The maximum absolute atomic E-state index is 6.82. The molecule has 0 fully saturated rings. The molecule has 2 heteroatoms. The van der Waals surface area contributed by atoms with Gasteiger partial charge in [0.05, 0.1) is 0 Å². The lowest BCUT2D eigenvalue weighted by atomic mass is 10.1. The second-order valence-corrected chi connectivity index (χ2v) is 4.82. The van der Waals surface area contributed by atoms with E-state index in [4.69, 9.17) is 11.1 Å². The number of hydrogen-bond acceptors (Lipinski definition) is 2. The van der Waals surface area contributed by atoms with E-state index in [0.29, 0.717) is 0 Å². The zero-order valence-corrected chi connectivity index (χ0v) is 12.4. The van der Waals surface area contributed by atoms with Gasteiger partial charge in [0.15, 0.2) is 0 Å². The molecule has 0 atom stereocenters. The summed E-state index contributed by atoms with van der Waals surface area (Å²) in [5, 5.41) is 6.82. The average molecular weight is 262 g/mol. The molecule has 1 aromatic carbocycles. The summed E-state index contributed by atoms with van der Waals surface area (Å²) in [5.74, 6) is 0. The minimum absolute atomic E-state index is 0.870. The van der Waals surface area contributed by atoms with E-state index in [9.17, 15) is 0 Å². The molecule has 0 radical (unpaired) electrons. The van der Waals surface area contributed by atoms with Gasteiger partial charge in [0.2, 0.25) is 0 Å². The van der Waals surface area contributed by atoms with E-state index in [-0.39, 0.29) is 0 Å². The normalized spacial score (nSPS) is 9.58. The van der Waals surface area contributed by atoms with Gasteiger partial charge in [-0.1, -0.05) is 82.2 Å². The van der Waals surface area contributed by atoms with Gasteiger partial charge in [-0.05, 0) is 18.5 Å². The lowest BCUT2D eigenvalue weighted by molar-refractivity contribution is 0.578. The Hall–Kier alpha value is -1.15. The summed E-state index contributed by atoms with van der Waals surface area (Å²) in [7, 11) is 0. The van der Waals surface area contributed by atoms with Crippen molar-refractivity contribution in [3.8, 4) is 0 Å². The first-order chi connectivity index (χ1) is 9.35. The molecular weight excluding hydrogens is 232 g/mol. The smallest absolute Gasteiger partial charge is 0.0250 e. The van der Waals surface area contributed by atoms with Crippen LogP contribution >= 0.6 is 0 Å². The molecule has 19 heavy (non-hydrogen) atoms. The van der Waals surface area contributed by atoms with E-state index in [1.807, 2.05) is 30.3 Å². The van der Waals surface area contributed by atoms with Gasteiger partial charge >= 0.3 is 0 Å². The van der Waals surface area contributed by atoms with Crippen LogP contribution in [0.15, 0.2) is 30.3 Å². The molecule has 0 saturated carbocycles. The Kier molecular flexibility index (Phi) is 14.0. The molecule has 0 aliphatic rings.